The number of fused-ring (bicyclic) bond motifs is 1. The van der Waals surface area contributed by atoms with Gasteiger partial charge in [-0.05, 0) is 49.9 Å². The molecule has 0 radical (unpaired) electrons. The van der Waals surface area contributed by atoms with Crippen molar-refractivity contribution in [3.63, 3.8) is 0 Å². The molecule has 110 valence electrons. The molecule has 3 aliphatic rings. The number of hydrogen-bond donors (Lipinski definition) is 3. The van der Waals surface area contributed by atoms with Crippen LogP contribution in [0.3, 0.4) is 0 Å². The lowest BCUT2D eigenvalue weighted by Crippen LogP contribution is -2.64. The lowest BCUT2D eigenvalue weighted by molar-refractivity contribution is -0.226. The molecular formula is C16H28O3. The van der Waals surface area contributed by atoms with Crippen LogP contribution in [-0.4, -0.2) is 32.6 Å². The minimum Gasteiger partial charge on any atom is -0.392 e. The summed E-state index contributed by atoms with van der Waals surface area (Å²) in [6.07, 6.45) is 3.54. The van der Waals surface area contributed by atoms with Gasteiger partial charge in [-0.2, -0.15) is 0 Å². The highest BCUT2D eigenvalue weighted by atomic mass is 16.3. The molecule has 1 spiro atoms. The van der Waals surface area contributed by atoms with Crippen LogP contribution in [-0.2, 0) is 0 Å². The van der Waals surface area contributed by atoms with E-state index in [0.717, 1.165) is 19.3 Å². The Kier molecular flexibility index (Phi) is 2.59. The Morgan fingerprint density at radius 1 is 1.11 bits per heavy atom. The summed E-state index contributed by atoms with van der Waals surface area (Å²) in [6, 6.07) is 0. The van der Waals surface area contributed by atoms with Gasteiger partial charge in [0.1, 0.15) is 0 Å². The van der Waals surface area contributed by atoms with Gasteiger partial charge in [-0.1, -0.05) is 27.2 Å². The Bertz CT molecular complexity index is 396. The third-order valence-corrected chi connectivity index (χ3v) is 7.56. The Morgan fingerprint density at radius 3 is 2.37 bits per heavy atom. The maximum Gasteiger partial charge on any atom is 0.0782 e. The molecule has 3 heteroatoms. The van der Waals surface area contributed by atoms with Crippen LogP contribution in [0.1, 0.15) is 59.8 Å². The molecule has 0 aromatic rings. The average molecular weight is 268 g/mol. The smallest absolute Gasteiger partial charge is 0.0782 e. The molecule has 0 amide bonds. The van der Waals surface area contributed by atoms with Crippen molar-refractivity contribution in [1.29, 1.82) is 0 Å². The van der Waals surface area contributed by atoms with Gasteiger partial charge in [0.05, 0.1) is 22.7 Å². The fourth-order valence-corrected chi connectivity index (χ4v) is 5.88. The third-order valence-electron chi connectivity index (χ3n) is 7.56. The zero-order chi connectivity index (χ0) is 14.3. The fraction of sp³-hybridized carbons (Fsp3) is 1.00. The summed E-state index contributed by atoms with van der Waals surface area (Å²) in [7, 11) is 0. The van der Waals surface area contributed by atoms with Crippen molar-refractivity contribution in [2.24, 2.45) is 22.7 Å². The van der Waals surface area contributed by atoms with E-state index in [1.807, 2.05) is 13.8 Å². The normalized spacial score (nSPS) is 59.8. The van der Waals surface area contributed by atoms with E-state index in [1.54, 1.807) is 0 Å². The van der Waals surface area contributed by atoms with E-state index in [2.05, 4.69) is 13.8 Å². The van der Waals surface area contributed by atoms with Crippen molar-refractivity contribution in [2.45, 2.75) is 77.1 Å². The molecule has 0 aromatic carbocycles. The minimum absolute atomic E-state index is 0.0571. The van der Waals surface area contributed by atoms with Crippen LogP contribution in [0.2, 0.25) is 0 Å². The van der Waals surface area contributed by atoms with Gasteiger partial charge in [-0.15, -0.1) is 0 Å². The number of rotatable bonds is 0. The molecule has 3 N–H and O–H groups in total. The summed E-state index contributed by atoms with van der Waals surface area (Å²) in [5, 5.41) is 33.4. The van der Waals surface area contributed by atoms with E-state index in [1.165, 1.54) is 0 Å². The Morgan fingerprint density at radius 2 is 1.74 bits per heavy atom. The van der Waals surface area contributed by atoms with E-state index in [0.29, 0.717) is 18.8 Å². The van der Waals surface area contributed by atoms with E-state index in [4.69, 9.17) is 0 Å². The molecule has 3 saturated carbocycles. The largest absolute Gasteiger partial charge is 0.392 e. The van der Waals surface area contributed by atoms with E-state index >= 15 is 0 Å². The van der Waals surface area contributed by atoms with Crippen molar-refractivity contribution in [3.05, 3.63) is 0 Å². The third kappa shape index (κ3) is 1.22. The van der Waals surface area contributed by atoms with Crippen LogP contribution in [0.5, 0.6) is 0 Å². The summed E-state index contributed by atoms with van der Waals surface area (Å²) < 4.78 is 0. The van der Waals surface area contributed by atoms with Gasteiger partial charge in [0.2, 0.25) is 0 Å². The highest BCUT2D eigenvalue weighted by molar-refractivity contribution is 5.27. The predicted molar refractivity (Wildman–Crippen MR) is 73.5 cm³/mol. The molecular weight excluding hydrogens is 240 g/mol. The van der Waals surface area contributed by atoms with E-state index in [9.17, 15) is 15.3 Å². The van der Waals surface area contributed by atoms with Crippen molar-refractivity contribution in [3.8, 4) is 0 Å². The maximum absolute atomic E-state index is 11.4. The lowest BCUT2D eigenvalue weighted by Gasteiger charge is -2.54. The van der Waals surface area contributed by atoms with Crippen LogP contribution >= 0.6 is 0 Å². The molecule has 2 bridgehead atoms. The predicted octanol–water partition coefficient (Wildman–Crippen LogP) is 2.09. The number of hydrogen-bond acceptors (Lipinski definition) is 3. The van der Waals surface area contributed by atoms with Crippen LogP contribution in [0.4, 0.5) is 0 Å². The first-order chi connectivity index (χ1) is 8.61. The summed E-state index contributed by atoms with van der Waals surface area (Å²) in [5.74, 6) is 0.443. The number of aliphatic hydroxyl groups excluding tert-OH is 1. The average Bonchev–Trinajstić information content (AvgIpc) is 2.53. The second-order valence-corrected chi connectivity index (χ2v) is 8.14. The van der Waals surface area contributed by atoms with Crippen LogP contribution in [0.15, 0.2) is 0 Å². The molecule has 0 saturated heterocycles. The summed E-state index contributed by atoms with van der Waals surface area (Å²) in [5.41, 5.74) is -2.95. The van der Waals surface area contributed by atoms with E-state index in [-0.39, 0.29) is 11.3 Å². The van der Waals surface area contributed by atoms with Crippen molar-refractivity contribution < 1.29 is 15.3 Å². The highest BCUT2D eigenvalue weighted by Gasteiger charge is 2.78. The highest BCUT2D eigenvalue weighted by Crippen LogP contribution is 2.72. The van der Waals surface area contributed by atoms with Crippen molar-refractivity contribution >= 4 is 0 Å². The Balaban J connectivity index is 2.24. The monoisotopic (exact) mass is 268 g/mol. The molecule has 19 heavy (non-hydrogen) atoms. The zero-order valence-corrected chi connectivity index (χ0v) is 12.6. The molecule has 3 nitrogen and oxygen atoms in total. The molecule has 3 rings (SSSR count). The Labute approximate surface area is 116 Å². The van der Waals surface area contributed by atoms with Gasteiger partial charge >= 0.3 is 0 Å². The van der Waals surface area contributed by atoms with Gasteiger partial charge in [-0.3, -0.25) is 0 Å². The molecule has 0 heterocycles. The van der Waals surface area contributed by atoms with Gasteiger partial charge in [0.15, 0.2) is 0 Å². The first-order valence-corrected chi connectivity index (χ1v) is 7.74. The van der Waals surface area contributed by atoms with Gasteiger partial charge < -0.3 is 15.3 Å². The number of aliphatic hydroxyl groups is 3. The molecule has 3 fully saturated rings. The molecule has 0 aromatic heterocycles. The SMILES string of the molecule is C[C@H]1C[C@@H](O)[C@]23C[C@H](CCC[C@]12O)C(C)(C)[C@]3(C)O. The van der Waals surface area contributed by atoms with Crippen molar-refractivity contribution in [1.82, 2.24) is 0 Å². The minimum atomic E-state index is -1.02. The lowest BCUT2D eigenvalue weighted by atomic mass is 9.57. The maximum atomic E-state index is 11.4. The van der Waals surface area contributed by atoms with Gasteiger partial charge in [0.25, 0.3) is 0 Å². The van der Waals surface area contributed by atoms with Crippen LogP contribution in [0, 0.1) is 22.7 Å². The molecule has 0 unspecified atom stereocenters. The van der Waals surface area contributed by atoms with Crippen LogP contribution in [0.25, 0.3) is 0 Å². The quantitative estimate of drug-likeness (QED) is 0.630. The summed E-state index contributed by atoms with van der Waals surface area (Å²) in [6.45, 7) is 8.09. The van der Waals surface area contributed by atoms with E-state index < -0.39 is 22.7 Å². The second-order valence-electron chi connectivity index (χ2n) is 8.14. The molecule has 3 aliphatic carbocycles. The molecule has 6 atom stereocenters. The van der Waals surface area contributed by atoms with Crippen LogP contribution < -0.4 is 0 Å². The fourth-order valence-electron chi connectivity index (χ4n) is 5.88. The van der Waals surface area contributed by atoms with Crippen molar-refractivity contribution in [2.75, 3.05) is 0 Å². The standard InChI is InChI=1S/C16H28O3/c1-10-8-12(17)15-9-11(6-5-7-16(10,15)19)13(2,3)14(15,4)18/h10-12,17-19H,5-9H2,1-4H3/t10-,11-,12+,14-,15-,16-/m0/s1. The summed E-state index contributed by atoms with van der Waals surface area (Å²) in [4.78, 5) is 0. The second kappa shape index (κ2) is 3.55. The zero-order valence-electron chi connectivity index (χ0n) is 12.6. The molecule has 0 aliphatic heterocycles. The Hall–Kier alpha value is -0.120. The first-order valence-electron chi connectivity index (χ1n) is 7.74. The van der Waals surface area contributed by atoms with Gasteiger partial charge in [-0.25, -0.2) is 0 Å². The first kappa shape index (κ1) is 13.8. The van der Waals surface area contributed by atoms with Gasteiger partial charge in [0, 0.05) is 0 Å². The summed E-state index contributed by atoms with van der Waals surface area (Å²) >= 11 is 0. The topological polar surface area (TPSA) is 60.7 Å².